The molecule has 0 N–H and O–H groups in total. The Bertz CT molecular complexity index is 1170. The van der Waals surface area contributed by atoms with Crippen molar-refractivity contribution in [2.75, 3.05) is 6.54 Å². The molecule has 3 nitrogen and oxygen atoms in total. The number of hydrogen-bond acceptors (Lipinski definition) is 3. The van der Waals surface area contributed by atoms with Crippen LogP contribution in [0.1, 0.15) is 76.0 Å². The second kappa shape index (κ2) is 8.62. The third-order valence-electron chi connectivity index (χ3n) is 7.90. The average molecular weight is 468 g/mol. The molecule has 2 aliphatic carbocycles. The van der Waals surface area contributed by atoms with E-state index in [2.05, 4.69) is 88.0 Å². The van der Waals surface area contributed by atoms with Crippen LogP contribution in [0.5, 0.6) is 0 Å². The molecule has 0 radical (unpaired) electrons. The van der Waals surface area contributed by atoms with E-state index in [1.54, 1.807) is 0 Å². The van der Waals surface area contributed by atoms with Crippen molar-refractivity contribution in [3.63, 3.8) is 0 Å². The Morgan fingerprint density at radius 3 is 1.77 bits per heavy atom. The van der Waals surface area contributed by atoms with E-state index in [1.165, 1.54) is 11.1 Å². The first-order chi connectivity index (χ1) is 16.5. The van der Waals surface area contributed by atoms with Gasteiger partial charge in [0.2, 0.25) is 0 Å². The number of benzene rings is 2. The van der Waals surface area contributed by atoms with Crippen molar-refractivity contribution in [2.45, 2.75) is 72.6 Å². The lowest BCUT2D eigenvalue weighted by molar-refractivity contribution is -0.119. The van der Waals surface area contributed by atoms with Crippen molar-refractivity contribution < 1.29 is 9.59 Å². The second-order valence-electron chi connectivity index (χ2n) is 12.3. The third-order valence-corrected chi connectivity index (χ3v) is 7.90. The van der Waals surface area contributed by atoms with Crippen LogP contribution in [0.4, 0.5) is 0 Å². The predicted octanol–water partition coefficient (Wildman–Crippen LogP) is 6.92. The van der Waals surface area contributed by atoms with E-state index in [4.69, 9.17) is 0 Å². The maximum Gasteiger partial charge on any atom is 0.162 e. The van der Waals surface area contributed by atoms with Crippen LogP contribution >= 0.6 is 0 Å². The van der Waals surface area contributed by atoms with Gasteiger partial charge in [-0.05, 0) is 48.1 Å². The molecule has 0 saturated heterocycles. The maximum atomic E-state index is 13.8. The summed E-state index contributed by atoms with van der Waals surface area (Å²) in [7, 11) is 0. The van der Waals surface area contributed by atoms with Gasteiger partial charge in [-0.15, -0.1) is 0 Å². The fraction of sp³-hybridized carbons (Fsp3) is 0.438. The van der Waals surface area contributed by atoms with Gasteiger partial charge in [0.1, 0.15) is 0 Å². The molecule has 2 aromatic carbocycles. The topological polar surface area (TPSA) is 37.4 Å². The second-order valence-corrected chi connectivity index (χ2v) is 12.3. The highest BCUT2D eigenvalue weighted by molar-refractivity contribution is 6.06. The minimum absolute atomic E-state index is 0.0923. The molecule has 0 aromatic heterocycles. The van der Waals surface area contributed by atoms with Crippen LogP contribution in [-0.4, -0.2) is 23.0 Å². The number of ketones is 2. The Labute approximate surface area is 209 Å². The lowest BCUT2D eigenvalue weighted by atomic mass is 9.63. The van der Waals surface area contributed by atoms with Crippen LogP contribution in [0.3, 0.4) is 0 Å². The Balaban J connectivity index is 1.69. The van der Waals surface area contributed by atoms with Gasteiger partial charge in [0, 0.05) is 47.8 Å². The summed E-state index contributed by atoms with van der Waals surface area (Å²) in [5, 5.41) is 0. The van der Waals surface area contributed by atoms with Crippen LogP contribution in [-0.2, 0) is 16.0 Å². The van der Waals surface area contributed by atoms with E-state index < -0.39 is 0 Å². The molecular formula is C32H37NO2. The normalized spacial score (nSPS) is 21.8. The maximum absolute atomic E-state index is 13.8. The van der Waals surface area contributed by atoms with E-state index in [0.29, 0.717) is 12.8 Å². The number of allylic oxidation sites excluding steroid dienone is 4. The van der Waals surface area contributed by atoms with Crippen LogP contribution < -0.4 is 0 Å². The van der Waals surface area contributed by atoms with Crippen LogP contribution in [0.15, 0.2) is 77.1 Å². The van der Waals surface area contributed by atoms with E-state index in [-0.39, 0.29) is 28.3 Å². The fourth-order valence-corrected chi connectivity index (χ4v) is 6.30. The molecule has 2 aromatic rings. The lowest BCUT2D eigenvalue weighted by Gasteiger charge is -2.49. The molecule has 35 heavy (non-hydrogen) atoms. The van der Waals surface area contributed by atoms with E-state index in [9.17, 15) is 9.59 Å². The molecule has 3 aliphatic rings. The summed E-state index contributed by atoms with van der Waals surface area (Å²) < 4.78 is 0. The molecule has 0 fully saturated rings. The van der Waals surface area contributed by atoms with Crippen molar-refractivity contribution >= 4 is 11.6 Å². The van der Waals surface area contributed by atoms with Gasteiger partial charge >= 0.3 is 0 Å². The number of hydrogen-bond donors (Lipinski definition) is 0. The standard InChI is InChI=1S/C32H37NO2/c1-21-11-13-23(14-12-21)28-29-24(17-31(2,3)19-26(29)34)33(16-15-22-9-7-6-8-10-22)25-18-32(4,5)20-27(35)30(25)28/h6-14,28H,15-20H2,1-5H3. The summed E-state index contributed by atoms with van der Waals surface area (Å²) in [6.07, 6.45) is 3.66. The molecule has 182 valence electrons. The van der Waals surface area contributed by atoms with Crippen molar-refractivity contribution in [1.82, 2.24) is 4.90 Å². The quantitative estimate of drug-likeness (QED) is 0.490. The molecule has 0 unspecified atom stereocenters. The monoisotopic (exact) mass is 467 g/mol. The minimum Gasteiger partial charge on any atom is -0.347 e. The largest absolute Gasteiger partial charge is 0.347 e. The van der Waals surface area contributed by atoms with Gasteiger partial charge in [-0.1, -0.05) is 87.9 Å². The van der Waals surface area contributed by atoms with Gasteiger partial charge in [0.15, 0.2) is 11.6 Å². The number of carbonyl (C=O) groups excluding carboxylic acids is 2. The zero-order valence-corrected chi connectivity index (χ0v) is 21.8. The minimum atomic E-state index is -0.249. The number of rotatable bonds is 4. The van der Waals surface area contributed by atoms with Crippen molar-refractivity contribution in [1.29, 1.82) is 0 Å². The summed E-state index contributed by atoms with van der Waals surface area (Å²) in [4.78, 5) is 30.0. The first-order valence-electron chi connectivity index (χ1n) is 13.0. The van der Waals surface area contributed by atoms with Gasteiger partial charge in [-0.25, -0.2) is 0 Å². The summed E-state index contributed by atoms with van der Waals surface area (Å²) >= 11 is 0. The first-order valence-corrected chi connectivity index (χ1v) is 13.0. The van der Waals surface area contributed by atoms with Crippen LogP contribution in [0.2, 0.25) is 0 Å². The zero-order valence-electron chi connectivity index (χ0n) is 21.8. The summed E-state index contributed by atoms with van der Waals surface area (Å²) in [6.45, 7) is 11.7. The number of Topliss-reactive ketones (excluding diaryl/α,β-unsaturated/α-hetero) is 2. The number of aryl methyl sites for hydroxylation is 1. The summed E-state index contributed by atoms with van der Waals surface area (Å²) in [5.41, 5.74) is 7.38. The van der Waals surface area contributed by atoms with Gasteiger partial charge in [0.25, 0.3) is 0 Å². The molecule has 1 aliphatic heterocycles. The van der Waals surface area contributed by atoms with Crippen molar-refractivity contribution in [2.24, 2.45) is 10.8 Å². The Kier molecular flexibility index (Phi) is 5.86. The predicted molar refractivity (Wildman–Crippen MR) is 141 cm³/mol. The summed E-state index contributed by atoms with van der Waals surface area (Å²) in [5.74, 6) is 0.159. The molecule has 0 saturated carbocycles. The molecule has 0 bridgehead atoms. The molecule has 1 heterocycles. The van der Waals surface area contributed by atoms with Crippen molar-refractivity contribution in [3.8, 4) is 0 Å². The Morgan fingerprint density at radius 2 is 1.26 bits per heavy atom. The average Bonchev–Trinajstić information content (AvgIpc) is 2.77. The first kappa shape index (κ1) is 23.8. The lowest BCUT2D eigenvalue weighted by Crippen LogP contribution is -2.45. The highest BCUT2D eigenvalue weighted by Gasteiger charge is 2.48. The zero-order chi connectivity index (χ0) is 25.0. The molecule has 0 atom stereocenters. The molecule has 0 spiro atoms. The molecular weight excluding hydrogens is 430 g/mol. The van der Waals surface area contributed by atoms with Crippen LogP contribution in [0.25, 0.3) is 0 Å². The number of nitrogens with zero attached hydrogens (tertiary/aromatic N) is 1. The Hall–Kier alpha value is -2.94. The van der Waals surface area contributed by atoms with Gasteiger partial charge < -0.3 is 4.90 Å². The van der Waals surface area contributed by atoms with Crippen molar-refractivity contribution in [3.05, 3.63) is 93.8 Å². The van der Waals surface area contributed by atoms with Gasteiger partial charge in [-0.2, -0.15) is 0 Å². The highest BCUT2D eigenvalue weighted by Crippen LogP contribution is 2.54. The van der Waals surface area contributed by atoms with Gasteiger partial charge in [0.05, 0.1) is 0 Å². The Morgan fingerprint density at radius 1 is 0.743 bits per heavy atom. The van der Waals surface area contributed by atoms with Crippen LogP contribution in [0, 0.1) is 17.8 Å². The summed E-state index contributed by atoms with van der Waals surface area (Å²) in [6, 6.07) is 19.0. The van der Waals surface area contributed by atoms with E-state index in [1.807, 2.05) is 6.07 Å². The smallest absolute Gasteiger partial charge is 0.162 e. The third kappa shape index (κ3) is 4.53. The molecule has 0 amide bonds. The number of carbonyl (C=O) groups is 2. The van der Waals surface area contributed by atoms with Gasteiger partial charge in [-0.3, -0.25) is 9.59 Å². The van der Waals surface area contributed by atoms with E-state index >= 15 is 0 Å². The SMILES string of the molecule is Cc1ccc(C2C3=C(CC(C)(C)CC3=O)N(CCc3ccccc3)C3=C2C(=O)CC(C)(C)C3)cc1. The fourth-order valence-electron chi connectivity index (χ4n) is 6.30. The van der Waals surface area contributed by atoms with E-state index in [0.717, 1.165) is 53.9 Å². The molecule has 3 heteroatoms. The highest BCUT2D eigenvalue weighted by atomic mass is 16.1. The molecule has 5 rings (SSSR count).